The molecule has 0 heterocycles. The van der Waals surface area contributed by atoms with Gasteiger partial charge in [-0.3, -0.25) is 4.79 Å². The molecule has 94 valence electrons. The monoisotopic (exact) mass is 228 g/mol. The molecule has 0 spiro atoms. The summed E-state index contributed by atoms with van der Waals surface area (Å²) in [6, 6.07) is 0. The van der Waals surface area contributed by atoms with Crippen molar-refractivity contribution in [2.75, 3.05) is 20.3 Å². The van der Waals surface area contributed by atoms with Crippen LogP contribution in [0.1, 0.15) is 44.9 Å². The SMILES string of the molecule is COCCCCNC(=O)CC1(N)CCCC1. The Morgan fingerprint density at radius 3 is 2.69 bits per heavy atom. The fourth-order valence-corrected chi connectivity index (χ4v) is 2.24. The lowest BCUT2D eigenvalue weighted by atomic mass is 9.94. The van der Waals surface area contributed by atoms with Crippen molar-refractivity contribution in [3.8, 4) is 0 Å². The predicted octanol–water partition coefficient (Wildman–Crippen LogP) is 1.19. The molecule has 1 amide bonds. The van der Waals surface area contributed by atoms with E-state index in [0.29, 0.717) is 6.42 Å². The highest BCUT2D eigenvalue weighted by atomic mass is 16.5. The fourth-order valence-electron chi connectivity index (χ4n) is 2.24. The van der Waals surface area contributed by atoms with Gasteiger partial charge in [-0.05, 0) is 25.7 Å². The lowest BCUT2D eigenvalue weighted by Gasteiger charge is -2.22. The molecule has 16 heavy (non-hydrogen) atoms. The van der Waals surface area contributed by atoms with E-state index in [0.717, 1.165) is 51.7 Å². The van der Waals surface area contributed by atoms with Crippen molar-refractivity contribution in [1.29, 1.82) is 0 Å². The molecule has 0 aromatic heterocycles. The molecule has 4 nitrogen and oxygen atoms in total. The van der Waals surface area contributed by atoms with Crippen LogP contribution in [0.2, 0.25) is 0 Å². The number of carbonyl (C=O) groups excluding carboxylic acids is 1. The third kappa shape index (κ3) is 4.94. The number of methoxy groups -OCH3 is 1. The minimum absolute atomic E-state index is 0.0989. The van der Waals surface area contributed by atoms with E-state index in [2.05, 4.69) is 5.32 Å². The maximum absolute atomic E-state index is 11.6. The summed E-state index contributed by atoms with van der Waals surface area (Å²) in [6.07, 6.45) is 6.75. The van der Waals surface area contributed by atoms with Gasteiger partial charge in [0.25, 0.3) is 0 Å². The van der Waals surface area contributed by atoms with Crippen LogP contribution in [-0.2, 0) is 9.53 Å². The number of nitrogens with one attached hydrogen (secondary N) is 1. The number of amides is 1. The molecule has 0 saturated heterocycles. The predicted molar refractivity (Wildman–Crippen MR) is 64.1 cm³/mol. The summed E-state index contributed by atoms with van der Waals surface area (Å²) in [5.41, 5.74) is 5.91. The highest BCUT2D eigenvalue weighted by molar-refractivity contribution is 5.77. The van der Waals surface area contributed by atoms with Gasteiger partial charge in [-0.15, -0.1) is 0 Å². The van der Waals surface area contributed by atoms with Gasteiger partial charge in [0, 0.05) is 32.2 Å². The van der Waals surface area contributed by atoms with Gasteiger partial charge in [0.15, 0.2) is 0 Å². The lowest BCUT2D eigenvalue weighted by molar-refractivity contribution is -0.122. The zero-order chi connectivity index (χ0) is 11.9. The summed E-state index contributed by atoms with van der Waals surface area (Å²) in [5, 5.41) is 2.92. The molecule has 0 aromatic rings. The molecule has 1 fully saturated rings. The van der Waals surface area contributed by atoms with E-state index in [1.807, 2.05) is 0 Å². The van der Waals surface area contributed by atoms with Gasteiger partial charge in [-0.2, -0.15) is 0 Å². The summed E-state index contributed by atoms with van der Waals surface area (Å²) in [5.74, 6) is 0.0989. The van der Waals surface area contributed by atoms with Gasteiger partial charge in [-0.25, -0.2) is 0 Å². The van der Waals surface area contributed by atoms with Crippen molar-refractivity contribution in [3.05, 3.63) is 0 Å². The van der Waals surface area contributed by atoms with E-state index in [-0.39, 0.29) is 11.4 Å². The van der Waals surface area contributed by atoms with Crippen LogP contribution in [0.25, 0.3) is 0 Å². The highest BCUT2D eigenvalue weighted by Gasteiger charge is 2.31. The summed E-state index contributed by atoms with van der Waals surface area (Å²) < 4.78 is 4.94. The van der Waals surface area contributed by atoms with Gasteiger partial charge in [0.05, 0.1) is 0 Å². The van der Waals surface area contributed by atoms with Crippen molar-refractivity contribution in [3.63, 3.8) is 0 Å². The van der Waals surface area contributed by atoms with Crippen LogP contribution in [0.4, 0.5) is 0 Å². The van der Waals surface area contributed by atoms with Crippen LogP contribution < -0.4 is 11.1 Å². The Bertz CT molecular complexity index is 213. The van der Waals surface area contributed by atoms with Crippen LogP contribution in [0.3, 0.4) is 0 Å². The maximum Gasteiger partial charge on any atom is 0.221 e. The topological polar surface area (TPSA) is 64.3 Å². The Balaban J connectivity index is 2.06. The number of carbonyl (C=O) groups is 1. The highest BCUT2D eigenvalue weighted by Crippen LogP contribution is 2.29. The van der Waals surface area contributed by atoms with E-state index in [4.69, 9.17) is 10.5 Å². The molecule has 1 rings (SSSR count). The second kappa shape index (κ2) is 6.86. The molecule has 0 bridgehead atoms. The van der Waals surface area contributed by atoms with Crippen molar-refractivity contribution in [1.82, 2.24) is 5.32 Å². The smallest absolute Gasteiger partial charge is 0.221 e. The summed E-state index contributed by atoms with van der Waals surface area (Å²) >= 11 is 0. The van der Waals surface area contributed by atoms with Gasteiger partial charge >= 0.3 is 0 Å². The van der Waals surface area contributed by atoms with Crippen LogP contribution in [0, 0.1) is 0 Å². The van der Waals surface area contributed by atoms with E-state index in [1.54, 1.807) is 7.11 Å². The Kier molecular flexibility index (Phi) is 5.77. The van der Waals surface area contributed by atoms with Crippen LogP contribution in [0.15, 0.2) is 0 Å². The first-order valence-electron chi connectivity index (χ1n) is 6.21. The average Bonchev–Trinajstić information content (AvgIpc) is 2.64. The minimum Gasteiger partial charge on any atom is -0.385 e. The third-order valence-electron chi connectivity index (χ3n) is 3.21. The Labute approximate surface area is 97.9 Å². The number of hydrogen-bond donors (Lipinski definition) is 2. The van der Waals surface area contributed by atoms with E-state index in [9.17, 15) is 4.79 Å². The summed E-state index contributed by atoms with van der Waals surface area (Å²) in [4.78, 5) is 11.6. The Morgan fingerprint density at radius 1 is 1.38 bits per heavy atom. The Hall–Kier alpha value is -0.610. The van der Waals surface area contributed by atoms with E-state index in [1.165, 1.54) is 0 Å². The first-order chi connectivity index (χ1) is 7.66. The number of rotatable bonds is 7. The largest absolute Gasteiger partial charge is 0.385 e. The summed E-state index contributed by atoms with van der Waals surface area (Å²) in [6.45, 7) is 1.50. The quantitative estimate of drug-likeness (QED) is 0.643. The van der Waals surface area contributed by atoms with Gasteiger partial charge in [-0.1, -0.05) is 12.8 Å². The first-order valence-corrected chi connectivity index (χ1v) is 6.21. The normalized spacial score (nSPS) is 18.6. The minimum atomic E-state index is -0.226. The maximum atomic E-state index is 11.6. The zero-order valence-corrected chi connectivity index (χ0v) is 10.3. The fraction of sp³-hybridized carbons (Fsp3) is 0.917. The second-order valence-electron chi connectivity index (χ2n) is 4.80. The molecule has 3 N–H and O–H groups in total. The van der Waals surface area contributed by atoms with Gasteiger partial charge < -0.3 is 15.8 Å². The van der Waals surface area contributed by atoms with E-state index >= 15 is 0 Å². The number of hydrogen-bond acceptors (Lipinski definition) is 3. The number of nitrogens with two attached hydrogens (primary N) is 1. The average molecular weight is 228 g/mol. The standard InChI is InChI=1S/C12H24N2O2/c1-16-9-5-4-8-14-11(15)10-12(13)6-2-3-7-12/h2-10,13H2,1H3,(H,14,15). The molecule has 0 atom stereocenters. The molecule has 0 aromatic carbocycles. The number of ether oxygens (including phenoxy) is 1. The van der Waals surface area contributed by atoms with Crippen LogP contribution in [0.5, 0.6) is 0 Å². The van der Waals surface area contributed by atoms with Gasteiger partial charge in [0.2, 0.25) is 5.91 Å². The molecular weight excluding hydrogens is 204 g/mol. The molecular formula is C12H24N2O2. The molecule has 0 aliphatic heterocycles. The first kappa shape index (κ1) is 13.5. The lowest BCUT2D eigenvalue weighted by Crippen LogP contribution is -2.42. The molecule has 0 radical (unpaired) electrons. The van der Waals surface area contributed by atoms with Crippen molar-refractivity contribution < 1.29 is 9.53 Å². The van der Waals surface area contributed by atoms with Gasteiger partial charge in [0.1, 0.15) is 0 Å². The Morgan fingerprint density at radius 2 is 2.06 bits per heavy atom. The number of unbranched alkanes of at least 4 members (excludes halogenated alkanes) is 1. The van der Waals surface area contributed by atoms with Crippen molar-refractivity contribution in [2.45, 2.75) is 50.5 Å². The van der Waals surface area contributed by atoms with Crippen LogP contribution in [-0.4, -0.2) is 31.7 Å². The van der Waals surface area contributed by atoms with Crippen LogP contribution >= 0.6 is 0 Å². The zero-order valence-electron chi connectivity index (χ0n) is 10.3. The van der Waals surface area contributed by atoms with E-state index < -0.39 is 0 Å². The van der Waals surface area contributed by atoms with Crippen molar-refractivity contribution >= 4 is 5.91 Å². The molecule has 4 heteroatoms. The molecule has 1 aliphatic rings. The molecule has 1 saturated carbocycles. The van der Waals surface area contributed by atoms with Crippen molar-refractivity contribution in [2.24, 2.45) is 5.73 Å². The summed E-state index contributed by atoms with van der Waals surface area (Å²) in [7, 11) is 1.69. The molecule has 0 unspecified atom stereocenters. The molecule has 1 aliphatic carbocycles. The second-order valence-corrected chi connectivity index (χ2v) is 4.80. The third-order valence-corrected chi connectivity index (χ3v) is 3.21.